The van der Waals surface area contributed by atoms with Gasteiger partial charge in [0.05, 0.1) is 7.11 Å². The predicted octanol–water partition coefficient (Wildman–Crippen LogP) is 6.01. The van der Waals surface area contributed by atoms with Gasteiger partial charge in [-0.3, -0.25) is 0 Å². The van der Waals surface area contributed by atoms with Gasteiger partial charge in [0.15, 0.2) is 5.11 Å². The molecule has 4 nitrogen and oxygen atoms in total. The molecule has 6 heteroatoms. The molecule has 2 aromatic rings. The minimum Gasteiger partial charge on any atom is -0.465 e. The second-order valence-corrected chi connectivity index (χ2v) is 10.4. The number of methoxy groups -OCH3 is 1. The summed E-state index contributed by atoms with van der Waals surface area (Å²) in [6.45, 7) is 8.96. The van der Waals surface area contributed by atoms with Crippen molar-refractivity contribution in [1.82, 2.24) is 5.32 Å². The van der Waals surface area contributed by atoms with Gasteiger partial charge in [-0.2, -0.15) is 0 Å². The molecule has 1 aliphatic carbocycles. The SMILES string of the molecule is COC(=O)c1c(NC(=S)NC2CC(C)CC(C)(C)C2)sc(C)c1-c1ccccc1. The Morgan fingerprint density at radius 1 is 1.24 bits per heavy atom. The van der Waals surface area contributed by atoms with Crippen molar-refractivity contribution in [1.29, 1.82) is 0 Å². The summed E-state index contributed by atoms with van der Waals surface area (Å²) in [7, 11) is 1.41. The van der Waals surface area contributed by atoms with E-state index in [-0.39, 0.29) is 5.97 Å². The van der Waals surface area contributed by atoms with E-state index in [0.717, 1.165) is 33.8 Å². The maximum atomic E-state index is 12.6. The molecule has 29 heavy (non-hydrogen) atoms. The van der Waals surface area contributed by atoms with Crippen molar-refractivity contribution in [3.8, 4) is 11.1 Å². The molecule has 2 N–H and O–H groups in total. The molecule has 3 rings (SSSR count). The van der Waals surface area contributed by atoms with Crippen molar-refractivity contribution in [3.05, 3.63) is 40.8 Å². The highest BCUT2D eigenvalue weighted by atomic mass is 32.1. The molecule has 0 aliphatic heterocycles. The monoisotopic (exact) mass is 430 g/mol. The van der Waals surface area contributed by atoms with Crippen LogP contribution in [-0.4, -0.2) is 24.2 Å². The lowest BCUT2D eigenvalue weighted by atomic mass is 9.71. The van der Waals surface area contributed by atoms with Crippen LogP contribution in [0.5, 0.6) is 0 Å². The van der Waals surface area contributed by atoms with E-state index in [9.17, 15) is 4.79 Å². The first-order chi connectivity index (χ1) is 13.7. The van der Waals surface area contributed by atoms with E-state index in [4.69, 9.17) is 17.0 Å². The third-order valence-corrected chi connectivity index (χ3v) is 6.73. The van der Waals surface area contributed by atoms with Crippen molar-refractivity contribution in [2.75, 3.05) is 12.4 Å². The third kappa shape index (κ3) is 5.17. The van der Waals surface area contributed by atoms with Crippen LogP contribution in [0.1, 0.15) is 55.3 Å². The lowest BCUT2D eigenvalue weighted by Gasteiger charge is -2.39. The molecule has 1 aliphatic rings. The fourth-order valence-electron chi connectivity index (χ4n) is 4.66. The smallest absolute Gasteiger partial charge is 0.341 e. The van der Waals surface area contributed by atoms with Gasteiger partial charge in [0.25, 0.3) is 0 Å². The van der Waals surface area contributed by atoms with E-state index in [1.807, 2.05) is 37.3 Å². The quantitative estimate of drug-likeness (QED) is 0.459. The number of anilines is 1. The lowest BCUT2D eigenvalue weighted by molar-refractivity contribution is 0.0603. The van der Waals surface area contributed by atoms with Crippen molar-refractivity contribution >= 4 is 39.6 Å². The maximum Gasteiger partial charge on any atom is 0.341 e. The van der Waals surface area contributed by atoms with Crippen molar-refractivity contribution in [3.63, 3.8) is 0 Å². The molecular weight excluding hydrogens is 400 g/mol. The van der Waals surface area contributed by atoms with Gasteiger partial charge in [-0.1, -0.05) is 51.1 Å². The molecule has 2 unspecified atom stereocenters. The Morgan fingerprint density at radius 3 is 2.55 bits per heavy atom. The van der Waals surface area contributed by atoms with Crippen LogP contribution in [0.3, 0.4) is 0 Å². The maximum absolute atomic E-state index is 12.6. The minimum atomic E-state index is -0.356. The highest BCUT2D eigenvalue weighted by molar-refractivity contribution is 7.80. The Labute approximate surface area is 183 Å². The summed E-state index contributed by atoms with van der Waals surface area (Å²) in [5.41, 5.74) is 2.75. The molecule has 0 saturated heterocycles. The standard InChI is InChI=1S/C23H30N2O2S2/c1-14-11-17(13-23(3,4)12-14)24-22(28)25-20-19(21(26)27-5)18(15(2)29-20)16-9-7-6-8-10-16/h6-10,14,17H,11-13H2,1-5H3,(H2,24,25,28). The van der Waals surface area contributed by atoms with Gasteiger partial charge in [-0.05, 0) is 55.3 Å². The summed E-state index contributed by atoms with van der Waals surface area (Å²) in [6, 6.07) is 10.3. The molecule has 1 saturated carbocycles. The van der Waals surface area contributed by atoms with Crippen molar-refractivity contribution in [2.24, 2.45) is 11.3 Å². The second kappa shape index (κ2) is 8.84. The molecule has 1 fully saturated rings. The largest absolute Gasteiger partial charge is 0.465 e. The van der Waals surface area contributed by atoms with E-state index in [2.05, 4.69) is 31.4 Å². The Kier molecular flexibility index (Phi) is 6.64. The van der Waals surface area contributed by atoms with Crippen molar-refractivity contribution < 1.29 is 9.53 Å². The first kappa shape index (κ1) is 21.8. The van der Waals surface area contributed by atoms with E-state index in [1.54, 1.807) is 0 Å². The van der Waals surface area contributed by atoms with Gasteiger partial charge < -0.3 is 15.4 Å². The average molecular weight is 431 g/mol. The van der Waals surface area contributed by atoms with E-state index < -0.39 is 0 Å². The number of benzene rings is 1. The van der Waals surface area contributed by atoms with Gasteiger partial charge in [-0.25, -0.2) is 4.79 Å². The van der Waals surface area contributed by atoms with Crippen LogP contribution in [0, 0.1) is 18.3 Å². The molecule has 1 aromatic heterocycles. The number of carbonyl (C=O) groups is 1. The van der Waals surface area contributed by atoms with Crippen LogP contribution >= 0.6 is 23.6 Å². The fourth-order valence-corrected chi connectivity index (χ4v) is 6.06. The zero-order chi connectivity index (χ0) is 21.2. The predicted molar refractivity (Wildman–Crippen MR) is 126 cm³/mol. The summed E-state index contributed by atoms with van der Waals surface area (Å²) in [5, 5.41) is 8.06. The topological polar surface area (TPSA) is 50.4 Å². The van der Waals surface area contributed by atoms with Crippen LogP contribution in [0.4, 0.5) is 5.00 Å². The average Bonchev–Trinajstić information content (AvgIpc) is 2.95. The van der Waals surface area contributed by atoms with E-state index >= 15 is 0 Å². The number of carbonyl (C=O) groups excluding carboxylic acids is 1. The highest BCUT2D eigenvalue weighted by Gasteiger charge is 2.32. The molecule has 0 spiro atoms. The van der Waals surface area contributed by atoms with Crippen LogP contribution in [0.2, 0.25) is 0 Å². The number of hydrogen-bond donors (Lipinski definition) is 2. The fraction of sp³-hybridized carbons (Fsp3) is 0.478. The Balaban J connectivity index is 1.84. The van der Waals surface area contributed by atoms with Crippen LogP contribution in [0.25, 0.3) is 11.1 Å². The van der Waals surface area contributed by atoms with Crippen LogP contribution in [-0.2, 0) is 4.74 Å². The number of rotatable bonds is 4. The first-order valence-corrected chi connectivity index (χ1v) is 11.3. The summed E-state index contributed by atoms with van der Waals surface area (Å²) >= 11 is 7.15. The number of ether oxygens (including phenoxy) is 1. The molecular formula is C23H30N2O2S2. The minimum absolute atomic E-state index is 0.308. The van der Waals surface area contributed by atoms with E-state index in [0.29, 0.717) is 28.1 Å². The first-order valence-electron chi connectivity index (χ1n) is 10.0. The molecule has 0 amide bonds. The Hall–Kier alpha value is -1.92. The normalized spacial score (nSPS) is 20.7. The molecule has 0 radical (unpaired) electrons. The number of hydrogen-bond acceptors (Lipinski definition) is 4. The molecule has 1 aromatic carbocycles. The van der Waals surface area contributed by atoms with Crippen molar-refractivity contribution in [2.45, 2.75) is 53.0 Å². The van der Waals surface area contributed by atoms with Gasteiger partial charge in [0, 0.05) is 16.5 Å². The zero-order valence-corrected chi connectivity index (χ0v) is 19.4. The molecule has 2 atom stereocenters. The van der Waals surface area contributed by atoms with Gasteiger partial charge in [-0.15, -0.1) is 11.3 Å². The molecule has 1 heterocycles. The number of nitrogens with one attached hydrogen (secondary N) is 2. The van der Waals surface area contributed by atoms with Crippen LogP contribution in [0.15, 0.2) is 30.3 Å². The van der Waals surface area contributed by atoms with Crippen LogP contribution < -0.4 is 10.6 Å². The van der Waals surface area contributed by atoms with Gasteiger partial charge in [0.2, 0.25) is 0 Å². The summed E-state index contributed by atoms with van der Waals surface area (Å²) in [4.78, 5) is 13.7. The molecule has 0 bridgehead atoms. The number of aryl methyl sites for hydroxylation is 1. The summed E-state index contributed by atoms with van der Waals surface area (Å²) < 4.78 is 5.09. The van der Waals surface area contributed by atoms with Gasteiger partial charge >= 0.3 is 5.97 Å². The zero-order valence-electron chi connectivity index (χ0n) is 17.8. The highest BCUT2D eigenvalue weighted by Crippen LogP contribution is 2.41. The number of thiocarbonyl (C=S) groups is 1. The van der Waals surface area contributed by atoms with E-state index in [1.165, 1.54) is 24.9 Å². The van der Waals surface area contributed by atoms with Gasteiger partial charge in [0.1, 0.15) is 10.6 Å². The third-order valence-electron chi connectivity index (χ3n) is 5.49. The Bertz CT molecular complexity index is 890. The summed E-state index contributed by atoms with van der Waals surface area (Å²) in [5.74, 6) is 0.310. The summed E-state index contributed by atoms with van der Waals surface area (Å²) in [6.07, 6.45) is 3.43. The Morgan fingerprint density at radius 2 is 1.93 bits per heavy atom. The second-order valence-electron chi connectivity index (χ2n) is 8.80. The number of esters is 1. The molecule has 156 valence electrons. The lowest BCUT2D eigenvalue weighted by Crippen LogP contribution is -2.44. The number of thiophene rings is 1.